The predicted molar refractivity (Wildman–Crippen MR) is 59.0 cm³/mol. The number of rotatable bonds is 7. The van der Waals surface area contributed by atoms with Gasteiger partial charge in [-0.2, -0.15) is 0 Å². The molecule has 1 aliphatic rings. The molecule has 15 heavy (non-hydrogen) atoms. The fourth-order valence-corrected chi connectivity index (χ4v) is 1.58. The highest BCUT2D eigenvalue weighted by molar-refractivity contribution is 6.17. The Hall–Kier alpha value is -0.540. The van der Waals surface area contributed by atoms with E-state index in [1.54, 1.807) is 6.92 Å². The number of esters is 1. The molecule has 0 radical (unpaired) electrons. The zero-order valence-electron chi connectivity index (χ0n) is 9.00. The first-order valence-corrected chi connectivity index (χ1v) is 5.72. The van der Waals surface area contributed by atoms with E-state index >= 15 is 0 Å². The van der Waals surface area contributed by atoms with E-state index in [0.717, 1.165) is 19.3 Å². The maximum absolute atomic E-state index is 11.0. The largest absolute Gasteiger partial charge is 0.462 e. The van der Waals surface area contributed by atoms with Crippen LogP contribution < -0.4 is 0 Å². The number of ether oxygens (including phenoxy) is 2. The molecule has 0 aromatic rings. The summed E-state index contributed by atoms with van der Waals surface area (Å²) < 4.78 is 10.3. The molecule has 0 N–H and O–H groups in total. The van der Waals surface area contributed by atoms with Gasteiger partial charge in [-0.3, -0.25) is 0 Å². The van der Waals surface area contributed by atoms with Crippen molar-refractivity contribution in [3.63, 3.8) is 0 Å². The minimum Gasteiger partial charge on any atom is -0.462 e. The minimum atomic E-state index is -0.316. The van der Waals surface area contributed by atoms with E-state index in [9.17, 15) is 4.79 Å². The van der Waals surface area contributed by atoms with E-state index in [1.807, 2.05) is 0 Å². The number of epoxide rings is 1. The zero-order valence-corrected chi connectivity index (χ0v) is 9.76. The Morgan fingerprint density at radius 2 is 2.13 bits per heavy atom. The van der Waals surface area contributed by atoms with Crippen LogP contribution in [-0.4, -0.2) is 30.7 Å². The normalized spacial score (nSPS) is 23.6. The highest BCUT2D eigenvalue weighted by atomic mass is 35.5. The Kier molecular flexibility index (Phi) is 5.12. The molecule has 1 rings (SSSR count). The molecule has 2 atom stereocenters. The second-order valence-corrected chi connectivity index (χ2v) is 4.13. The Morgan fingerprint density at radius 1 is 1.47 bits per heavy atom. The molecule has 86 valence electrons. The van der Waals surface area contributed by atoms with Gasteiger partial charge < -0.3 is 9.47 Å². The van der Waals surface area contributed by atoms with Gasteiger partial charge >= 0.3 is 5.97 Å². The summed E-state index contributed by atoms with van der Waals surface area (Å²) in [4.78, 5) is 11.0. The van der Waals surface area contributed by atoms with Crippen LogP contribution in [0.5, 0.6) is 0 Å². The third-order valence-electron chi connectivity index (χ3n) is 2.30. The lowest BCUT2D eigenvalue weighted by atomic mass is 10.2. The van der Waals surface area contributed by atoms with E-state index in [1.165, 1.54) is 0 Å². The van der Waals surface area contributed by atoms with Crippen molar-refractivity contribution in [2.24, 2.45) is 0 Å². The van der Waals surface area contributed by atoms with Crippen molar-refractivity contribution < 1.29 is 14.3 Å². The van der Waals surface area contributed by atoms with Crippen LogP contribution in [0.25, 0.3) is 0 Å². The van der Waals surface area contributed by atoms with Crippen LogP contribution >= 0.6 is 11.6 Å². The van der Waals surface area contributed by atoms with Gasteiger partial charge in [0.2, 0.25) is 0 Å². The van der Waals surface area contributed by atoms with Crippen LogP contribution in [0.4, 0.5) is 0 Å². The lowest BCUT2D eigenvalue weighted by molar-refractivity contribution is -0.139. The molecular formula is C11H17ClO3. The van der Waals surface area contributed by atoms with Gasteiger partial charge in [0.1, 0.15) is 0 Å². The molecule has 1 heterocycles. The van der Waals surface area contributed by atoms with E-state index < -0.39 is 0 Å². The fraction of sp³-hybridized carbons (Fsp3) is 0.727. The van der Waals surface area contributed by atoms with Gasteiger partial charge in [0.15, 0.2) is 0 Å². The molecule has 3 nitrogen and oxygen atoms in total. The van der Waals surface area contributed by atoms with Gasteiger partial charge in [-0.15, -0.1) is 11.6 Å². The van der Waals surface area contributed by atoms with Crippen molar-refractivity contribution in [2.75, 3.05) is 12.5 Å². The molecule has 0 aromatic heterocycles. The molecule has 0 aromatic carbocycles. The van der Waals surface area contributed by atoms with E-state index in [4.69, 9.17) is 21.1 Å². The SMILES string of the molecule is C=C(C)C(=O)OCCCC1OC1CCCl. The third kappa shape index (κ3) is 4.67. The highest BCUT2D eigenvalue weighted by Crippen LogP contribution is 2.29. The summed E-state index contributed by atoms with van der Waals surface area (Å²) in [6.07, 6.45) is 3.34. The molecule has 4 heteroatoms. The van der Waals surface area contributed by atoms with Crippen molar-refractivity contribution in [1.29, 1.82) is 0 Å². The van der Waals surface area contributed by atoms with Crippen LogP contribution in [0.15, 0.2) is 12.2 Å². The van der Waals surface area contributed by atoms with Gasteiger partial charge in [0.05, 0.1) is 18.8 Å². The van der Waals surface area contributed by atoms with Crippen LogP contribution in [0.1, 0.15) is 26.2 Å². The van der Waals surface area contributed by atoms with E-state index in [0.29, 0.717) is 30.3 Å². The Labute approximate surface area is 95.4 Å². The maximum atomic E-state index is 11.0. The van der Waals surface area contributed by atoms with Crippen LogP contribution in [0.2, 0.25) is 0 Å². The highest BCUT2D eigenvalue weighted by Gasteiger charge is 2.36. The molecule has 0 aliphatic carbocycles. The predicted octanol–water partition coefficient (Wildman–Crippen LogP) is 2.28. The fourth-order valence-electron chi connectivity index (χ4n) is 1.37. The van der Waals surface area contributed by atoms with E-state index in [2.05, 4.69) is 6.58 Å². The van der Waals surface area contributed by atoms with Crippen molar-refractivity contribution in [3.05, 3.63) is 12.2 Å². The number of halogens is 1. The lowest BCUT2D eigenvalue weighted by Gasteiger charge is -2.02. The molecular weight excluding hydrogens is 216 g/mol. The van der Waals surface area contributed by atoms with Gasteiger partial charge in [-0.05, 0) is 26.2 Å². The number of hydrogen-bond donors (Lipinski definition) is 0. The Balaban J connectivity index is 1.95. The zero-order chi connectivity index (χ0) is 11.3. The summed E-state index contributed by atoms with van der Waals surface area (Å²) in [6, 6.07) is 0. The summed E-state index contributed by atoms with van der Waals surface area (Å²) >= 11 is 5.58. The summed E-state index contributed by atoms with van der Waals surface area (Å²) in [5.74, 6) is 0.329. The molecule has 2 unspecified atom stereocenters. The number of hydrogen-bond acceptors (Lipinski definition) is 3. The Morgan fingerprint density at radius 3 is 2.73 bits per heavy atom. The number of carbonyl (C=O) groups excluding carboxylic acids is 1. The average Bonchev–Trinajstić information content (AvgIpc) is 2.91. The van der Waals surface area contributed by atoms with E-state index in [-0.39, 0.29) is 5.97 Å². The standard InChI is InChI=1S/C11H17ClO3/c1-8(2)11(13)14-7-3-4-9-10(15-9)5-6-12/h9-10H,1,3-7H2,2H3. The average molecular weight is 233 g/mol. The lowest BCUT2D eigenvalue weighted by Crippen LogP contribution is -2.07. The van der Waals surface area contributed by atoms with Gasteiger partial charge in [-0.25, -0.2) is 4.79 Å². The van der Waals surface area contributed by atoms with Crippen molar-refractivity contribution >= 4 is 17.6 Å². The minimum absolute atomic E-state index is 0.316. The Bertz CT molecular complexity index is 240. The second kappa shape index (κ2) is 6.13. The first-order valence-electron chi connectivity index (χ1n) is 5.19. The molecule has 1 aliphatic heterocycles. The molecule has 0 bridgehead atoms. The first-order chi connectivity index (χ1) is 7.15. The van der Waals surface area contributed by atoms with Crippen molar-refractivity contribution in [3.8, 4) is 0 Å². The topological polar surface area (TPSA) is 38.8 Å². The maximum Gasteiger partial charge on any atom is 0.333 e. The van der Waals surface area contributed by atoms with Gasteiger partial charge in [-0.1, -0.05) is 6.58 Å². The van der Waals surface area contributed by atoms with Gasteiger partial charge in [0.25, 0.3) is 0 Å². The summed E-state index contributed by atoms with van der Waals surface area (Å²) in [5.41, 5.74) is 0.442. The number of carbonyl (C=O) groups is 1. The van der Waals surface area contributed by atoms with Crippen LogP contribution in [-0.2, 0) is 14.3 Å². The van der Waals surface area contributed by atoms with Crippen molar-refractivity contribution in [1.82, 2.24) is 0 Å². The van der Waals surface area contributed by atoms with Crippen LogP contribution in [0, 0.1) is 0 Å². The summed E-state index contributed by atoms with van der Waals surface area (Å²) in [7, 11) is 0. The molecule has 1 fully saturated rings. The molecule has 0 amide bonds. The smallest absolute Gasteiger partial charge is 0.333 e. The second-order valence-electron chi connectivity index (χ2n) is 3.75. The number of alkyl halides is 1. The summed E-state index contributed by atoms with van der Waals surface area (Å²) in [5, 5.41) is 0. The van der Waals surface area contributed by atoms with Crippen LogP contribution in [0.3, 0.4) is 0 Å². The third-order valence-corrected chi connectivity index (χ3v) is 2.51. The summed E-state index contributed by atoms with van der Waals surface area (Å²) in [6.45, 7) is 5.59. The quantitative estimate of drug-likeness (QED) is 0.222. The molecule has 0 spiro atoms. The van der Waals surface area contributed by atoms with Gasteiger partial charge in [0, 0.05) is 11.5 Å². The molecule has 0 saturated carbocycles. The monoisotopic (exact) mass is 232 g/mol. The van der Waals surface area contributed by atoms with Crippen molar-refractivity contribution in [2.45, 2.75) is 38.4 Å². The molecule has 1 saturated heterocycles. The first kappa shape index (κ1) is 12.5.